The average Bonchev–Trinajstić information content (AvgIpc) is 2.48. The number of hydrogen-bond donors (Lipinski definition) is 1. The van der Waals surface area contributed by atoms with Gasteiger partial charge >= 0.3 is 12.3 Å². The lowest BCUT2D eigenvalue weighted by atomic mass is 9.99. The van der Waals surface area contributed by atoms with Crippen LogP contribution < -0.4 is 5.32 Å². The van der Waals surface area contributed by atoms with Gasteiger partial charge in [-0.1, -0.05) is 19.1 Å². The molecule has 0 aliphatic carbocycles. The van der Waals surface area contributed by atoms with E-state index in [1.165, 1.54) is 12.1 Å². The molecule has 0 heterocycles. The summed E-state index contributed by atoms with van der Waals surface area (Å²) in [5.41, 5.74) is -1.11. The van der Waals surface area contributed by atoms with E-state index in [-0.39, 0.29) is 23.7 Å². The van der Waals surface area contributed by atoms with Gasteiger partial charge in [-0.25, -0.2) is 4.79 Å². The molecule has 7 heteroatoms. The van der Waals surface area contributed by atoms with Crippen molar-refractivity contribution >= 4 is 11.9 Å². The van der Waals surface area contributed by atoms with E-state index in [1.807, 2.05) is 6.92 Å². The molecular formula is C18H24F3NO3. The third-order valence-corrected chi connectivity index (χ3v) is 3.39. The van der Waals surface area contributed by atoms with Crippen molar-refractivity contribution in [3.8, 4) is 0 Å². The van der Waals surface area contributed by atoms with Crippen LogP contribution in [-0.4, -0.2) is 24.0 Å². The van der Waals surface area contributed by atoms with Gasteiger partial charge in [-0.15, -0.1) is 0 Å². The van der Waals surface area contributed by atoms with Crippen LogP contribution in [0.25, 0.3) is 0 Å². The van der Waals surface area contributed by atoms with Crippen molar-refractivity contribution in [1.29, 1.82) is 0 Å². The Hall–Kier alpha value is -2.05. The van der Waals surface area contributed by atoms with Gasteiger partial charge in [0.1, 0.15) is 5.60 Å². The van der Waals surface area contributed by atoms with Crippen LogP contribution in [0.5, 0.6) is 0 Å². The molecule has 1 atom stereocenters. The number of nitrogens with one attached hydrogen (secondary N) is 1. The summed E-state index contributed by atoms with van der Waals surface area (Å²) in [6.07, 6.45) is -4.23. The van der Waals surface area contributed by atoms with E-state index in [9.17, 15) is 22.8 Å². The van der Waals surface area contributed by atoms with Gasteiger partial charge in [-0.3, -0.25) is 4.79 Å². The maximum Gasteiger partial charge on any atom is 0.416 e. The van der Waals surface area contributed by atoms with Gasteiger partial charge in [0.15, 0.2) is 5.78 Å². The highest BCUT2D eigenvalue weighted by molar-refractivity contribution is 5.96. The number of benzene rings is 1. The molecule has 0 aromatic heterocycles. The number of rotatable bonds is 6. The van der Waals surface area contributed by atoms with Gasteiger partial charge in [0.25, 0.3) is 0 Å². The summed E-state index contributed by atoms with van der Waals surface area (Å²) >= 11 is 0. The third-order valence-electron chi connectivity index (χ3n) is 3.39. The number of carbonyl (C=O) groups is 2. The fourth-order valence-electron chi connectivity index (χ4n) is 2.04. The van der Waals surface area contributed by atoms with E-state index in [0.29, 0.717) is 13.0 Å². The summed E-state index contributed by atoms with van der Waals surface area (Å²) in [5, 5.41) is 2.63. The van der Waals surface area contributed by atoms with Gasteiger partial charge in [0.05, 0.1) is 5.56 Å². The van der Waals surface area contributed by atoms with E-state index in [0.717, 1.165) is 12.1 Å². The van der Waals surface area contributed by atoms with Crippen molar-refractivity contribution in [1.82, 2.24) is 5.32 Å². The summed E-state index contributed by atoms with van der Waals surface area (Å²) < 4.78 is 42.6. The smallest absolute Gasteiger partial charge is 0.416 e. The first kappa shape index (κ1) is 21.0. The Morgan fingerprint density at radius 3 is 2.16 bits per heavy atom. The summed E-state index contributed by atoms with van der Waals surface area (Å²) in [5.74, 6) is -0.191. The Morgan fingerprint density at radius 1 is 1.12 bits per heavy atom. The third kappa shape index (κ3) is 8.05. The summed E-state index contributed by atoms with van der Waals surface area (Å²) in [7, 11) is 0. The maximum atomic E-state index is 12.5. The van der Waals surface area contributed by atoms with Gasteiger partial charge in [0, 0.05) is 18.5 Å². The highest BCUT2D eigenvalue weighted by Crippen LogP contribution is 2.29. The summed E-state index contributed by atoms with van der Waals surface area (Å²) in [6.45, 7) is 7.52. The van der Waals surface area contributed by atoms with E-state index in [4.69, 9.17) is 4.74 Å². The predicted octanol–water partition coefficient (Wildman–Crippen LogP) is 4.83. The Labute approximate surface area is 145 Å². The van der Waals surface area contributed by atoms with Crippen LogP contribution in [0.4, 0.5) is 18.0 Å². The number of ether oxygens (including phenoxy) is 1. The van der Waals surface area contributed by atoms with Crippen LogP contribution in [-0.2, 0) is 10.9 Å². The van der Waals surface area contributed by atoms with Crippen LogP contribution >= 0.6 is 0 Å². The molecule has 0 fully saturated rings. The fraction of sp³-hybridized carbons (Fsp3) is 0.556. The molecule has 1 unspecified atom stereocenters. The van der Waals surface area contributed by atoms with Crippen molar-refractivity contribution in [2.75, 3.05) is 6.54 Å². The molecule has 1 amide bonds. The lowest BCUT2D eigenvalue weighted by Crippen LogP contribution is -2.34. The van der Waals surface area contributed by atoms with Crippen molar-refractivity contribution in [3.63, 3.8) is 0 Å². The SMILES string of the molecule is CC(CCC(=O)c1ccc(C(F)(F)F)cc1)CNC(=O)OC(C)(C)C. The first-order valence-corrected chi connectivity index (χ1v) is 8.06. The molecule has 0 aliphatic heterocycles. The standard InChI is InChI=1S/C18H24F3NO3/c1-12(11-22-16(24)25-17(2,3)4)5-10-15(23)13-6-8-14(9-7-13)18(19,20)21/h6-9,12H,5,10-11H2,1-4H3,(H,22,24). The molecule has 0 spiro atoms. The van der Waals surface area contributed by atoms with Gasteiger partial charge < -0.3 is 10.1 Å². The van der Waals surface area contributed by atoms with Crippen LogP contribution in [0.2, 0.25) is 0 Å². The number of hydrogen-bond acceptors (Lipinski definition) is 3. The van der Waals surface area contributed by atoms with Crippen molar-refractivity contribution < 1.29 is 27.5 Å². The highest BCUT2D eigenvalue weighted by Gasteiger charge is 2.30. The monoisotopic (exact) mass is 359 g/mol. The normalized spacial score (nSPS) is 13.2. The number of alkyl halides is 3. The lowest BCUT2D eigenvalue weighted by Gasteiger charge is -2.20. The van der Waals surface area contributed by atoms with Gasteiger partial charge in [0.2, 0.25) is 0 Å². The van der Waals surface area contributed by atoms with Crippen molar-refractivity contribution in [2.24, 2.45) is 5.92 Å². The minimum Gasteiger partial charge on any atom is -0.444 e. The molecule has 1 aromatic rings. The zero-order chi connectivity index (χ0) is 19.3. The molecule has 25 heavy (non-hydrogen) atoms. The molecule has 1 rings (SSSR count). The van der Waals surface area contributed by atoms with Crippen LogP contribution in [0.15, 0.2) is 24.3 Å². The number of Topliss-reactive ketones (excluding diaryl/α,β-unsaturated/α-hetero) is 1. The molecule has 0 aliphatic rings. The molecular weight excluding hydrogens is 335 g/mol. The van der Waals surface area contributed by atoms with Crippen LogP contribution in [0.1, 0.15) is 56.5 Å². The Bertz CT molecular complexity index is 589. The number of ketones is 1. The topological polar surface area (TPSA) is 55.4 Å². The fourth-order valence-corrected chi connectivity index (χ4v) is 2.04. The van der Waals surface area contributed by atoms with Crippen LogP contribution in [0, 0.1) is 5.92 Å². The van der Waals surface area contributed by atoms with Crippen molar-refractivity contribution in [2.45, 2.75) is 52.3 Å². The summed E-state index contributed by atoms with van der Waals surface area (Å²) in [6, 6.07) is 4.19. The minimum absolute atomic E-state index is 0.0333. The highest BCUT2D eigenvalue weighted by atomic mass is 19.4. The molecule has 1 N–H and O–H groups in total. The van der Waals surface area contributed by atoms with Crippen molar-refractivity contribution in [3.05, 3.63) is 35.4 Å². The Kier molecular flexibility index (Phi) is 7.02. The number of amides is 1. The molecule has 0 saturated heterocycles. The van der Waals surface area contributed by atoms with Gasteiger partial charge in [-0.05, 0) is 45.2 Å². The molecule has 0 saturated carbocycles. The predicted molar refractivity (Wildman–Crippen MR) is 88.4 cm³/mol. The first-order chi connectivity index (χ1) is 11.4. The molecule has 1 aromatic carbocycles. The Balaban J connectivity index is 2.42. The zero-order valence-electron chi connectivity index (χ0n) is 14.9. The largest absolute Gasteiger partial charge is 0.444 e. The van der Waals surface area contributed by atoms with Crippen LogP contribution in [0.3, 0.4) is 0 Å². The molecule has 0 bridgehead atoms. The number of alkyl carbamates (subject to hydrolysis) is 1. The van der Waals surface area contributed by atoms with E-state index < -0.39 is 23.4 Å². The Morgan fingerprint density at radius 2 is 1.68 bits per heavy atom. The second kappa shape index (κ2) is 8.36. The molecule has 0 radical (unpaired) electrons. The maximum absolute atomic E-state index is 12.5. The molecule has 4 nitrogen and oxygen atoms in total. The summed E-state index contributed by atoms with van der Waals surface area (Å²) in [4.78, 5) is 23.6. The average molecular weight is 359 g/mol. The van der Waals surface area contributed by atoms with E-state index in [2.05, 4.69) is 5.32 Å². The number of halogens is 3. The minimum atomic E-state index is -4.41. The van der Waals surface area contributed by atoms with E-state index in [1.54, 1.807) is 20.8 Å². The second-order valence-electron chi connectivity index (χ2n) is 7.02. The zero-order valence-corrected chi connectivity index (χ0v) is 14.9. The second-order valence-corrected chi connectivity index (χ2v) is 7.02. The van der Waals surface area contributed by atoms with Gasteiger partial charge in [-0.2, -0.15) is 13.2 Å². The lowest BCUT2D eigenvalue weighted by molar-refractivity contribution is -0.137. The van der Waals surface area contributed by atoms with E-state index >= 15 is 0 Å². The molecule has 140 valence electrons. The quantitative estimate of drug-likeness (QED) is 0.740. The first-order valence-electron chi connectivity index (χ1n) is 8.06. The number of carbonyl (C=O) groups excluding carboxylic acids is 2.